The van der Waals surface area contributed by atoms with E-state index in [9.17, 15) is 28.8 Å². The van der Waals surface area contributed by atoms with E-state index in [0.29, 0.717) is 70.1 Å². The number of hydrogen-bond acceptors (Lipinski definition) is 16. The van der Waals surface area contributed by atoms with Crippen molar-refractivity contribution in [3.05, 3.63) is 144 Å². The van der Waals surface area contributed by atoms with E-state index < -0.39 is 47.7 Å². The van der Waals surface area contributed by atoms with Gasteiger partial charge >= 0.3 is 35.8 Å². The first-order valence-electron chi connectivity index (χ1n) is 31.2. The monoisotopic (exact) mass is 1250 g/mol. The van der Waals surface area contributed by atoms with Gasteiger partial charge < -0.3 is 48.4 Å². The lowest BCUT2D eigenvalue weighted by Crippen LogP contribution is -2.15. The maximum Gasteiger partial charge on any atom is 0.341 e. The van der Waals surface area contributed by atoms with E-state index in [4.69, 9.17) is 48.4 Å². The minimum Gasteiger partial charge on any atom is -0.469 e. The molecule has 92 heavy (non-hydrogen) atoms. The van der Waals surface area contributed by atoms with Crippen molar-refractivity contribution in [2.45, 2.75) is 144 Å². The molecule has 0 fully saturated rings. The minimum atomic E-state index is -0.755. The quantitative estimate of drug-likeness (QED) is 0.0518. The number of aromatic nitrogens is 8. The number of carbonyl (C=O) groups excluding carboxylic acids is 6. The summed E-state index contributed by atoms with van der Waals surface area (Å²) >= 11 is 0. The lowest BCUT2D eigenvalue weighted by molar-refractivity contribution is -0.141. The summed E-state index contributed by atoms with van der Waals surface area (Å²) in [4.78, 5) is 118. The van der Waals surface area contributed by atoms with Crippen molar-refractivity contribution in [2.24, 2.45) is 0 Å². The summed E-state index contributed by atoms with van der Waals surface area (Å²) in [6, 6.07) is 12.0. The third-order valence-corrected chi connectivity index (χ3v) is 19.1. The third kappa shape index (κ3) is 11.6. The molecule has 480 valence electrons. The van der Waals surface area contributed by atoms with E-state index in [0.717, 1.165) is 89.5 Å². The second kappa shape index (κ2) is 26.6. The molecule has 0 radical (unpaired) electrons. The fourth-order valence-electron chi connectivity index (χ4n) is 13.8. The molecule has 20 nitrogen and oxygen atoms in total. The number of rotatable bonds is 16. The van der Waals surface area contributed by atoms with Crippen LogP contribution in [0.3, 0.4) is 0 Å². The number of allylic oxidation sites excluding steroid dienone is 3. The van der Waals surface area contributed by atoms with Crippen molar-refractivity contribution >= 4 is 108 Å². The van der Waals surface area contributed by atoms with Crippen molar-refractivity contribution in [3.8, 4) is 0 Å². The van der Waals surface area contributed by atoms with Crippen LogP contribution in [0.2, 0.25) is 0 Å². The number of aromatic amines is 4. The van der Waals surface area contributed by atoms with Gasteiger partial charge in [-0.2, -0.15) is 0 Å². The number of nitrogens with one attached hydrogen (secondary N) is 4. The molecule has 0 saturated carbocycles. The van der Waals surface area contributed by atoms with Gasteiger partial charge in [0.25, 0.3) is 0 Å². The molecule has 20 heteroatoms. The van der Waals surface area contributed by atoms with Gasteiger partial charge in [0, 0.05) is 97.6 Å². The Morgan fingerprint density at radius 2 is 0.826 bits per heavy atom. The van der Waals surface area contributed by atoms with Crippen molar-refractivity contribution in [2.75, 3.05) is 42.7 Å². The van der Waals surface area contributed by atoms with Crippen LogP contribution >= 0.6 is 0 Å². The Bertz CT molecular complexity index is 4550. The van der Waals surface area contributed by atoms with Gasteiger partial charge in [0.05, 0.1) is 88.0 Å². The Kier molecular flexibility index (Phi) is 18.9. The number of fused-ring (bicyclic) bond motifs is 16. The van der Waals surface area contributed by atoms with E-state index in [-0.39, 0.29) is 71.2 Å². The lowest BCUT2D eigenvalue weighted by atomic mass is 9.85. The Balaban J connectivity index is 1.25. The molecule has 0 spiro atoms. The number of methoxy groups -OCH3 is 6. The maximum absolute atomic E-state index is 14.4. The van der Waals surface area contributed by atoms with Crippen LogP contribution < -0.4 is 0 Å². The second-order valence-corrected chi connectivity index (χ2v) is 23.8. The van der Waals surface area contributed by atoms with Gasteiger partial charge in [-0.25, -0.2) is 29.1 Å². The summed E-state index contributed by atoms with van der Waals surface area (Å²) in [5.41, 5.74) is 18.5. The standard InChI is InChI=1S/C72H80N8O12/c1-17-40-33(4)47-27-50-36(7)44(23-25-59(81)87-11)66(77-50)64(72(86)92-16)68-62(70(84)90-14)39(10)53(80-68)31-57-43(35(6)49(75-57)29-54(40)73-47)21-20-22-46-42(19-3)56-30-52-38(9)61(69(83)89-13)67(79-52)63(71(85)91-15)65-45(24-26-60(82)88-12)37(8)51(78-65)28-48-34(5)41(18-2)55(74-48)32-58(46)76-56/h20-21,27-32,36-37,44-45,73-76H,17-19,22-26H2,1-16H3/b21-20+,47-27?,48-28?,49-29?,50-27?,51-28?,52-30?,53-31?,54-29?,55-32?,56-30?,57-31?,58-32?,65-63?,66-64?,67-63?,68-64?/t36-,37-,44-,45-/m0/s1. The summed E-state index contributed by atoms with van der Waals surface area (Å²) < 4.78 is 31.9. The molecule has 10 heterocycles. The van der Waals surface area contributed by atoms with Gasteiger partial charge in [-0.3, -0.25) is 19.6 Å². The SMILES string of the molecule is CCc1c(C)c2cc3nc(c(C(=O)OC)c4nc(cc5[nH]c(cc1[nH]2)c(C)c5/C=C/Cc1c(CC)c2cc5nc(c(C(=O)OC)c6nc(cc7[nH]c(cc1[nH]2)c(CC)c7C)[C@@H](C)[C@@H]6CCC(=O)OC)C(C(=O)OC)=C5C)C(C)=C4C(=O)OC)[C@@H](CCC(=O)OC)[C@@H]3C. The van der Waals surface area contributed by atoms with E-state index in [1.807, 2.05) is 38.1 Å². The van der Waals surface area contributed by atoms with Crippen LogP contribution in [0.5, 0.6) is 0 Å². The molecule has 0 aliphatic carbocycles. The molecular formula is C72H80N8O12. The van der Waals surface area contributed by atoms with Gasteiger partial charge in [0.15, 0.2) is 0 Å². The number of ether oxygens (including phenoxy) is 6. The number of H-pyrrole nitrogens is 4. The highest BCUT2D eigenvalue weighted by Crippen LogP contribution is 2.46. The molecule has 4 aliphatic heterocycles. The Morgan fingerprint density at radius 1 is 0.446 bits per heavy atom. The average Bonchev–Trinajstić information content (AvgIpc) is 1.61. The van der Waals surface area contributed by atoms with Gasteiger partial charge in [0.1, 0.15) is 11.1 Å². The molecule has 6 aromatic heterocycles. The number of carbonyl (C=O) groups is 6. The van der Waals surface area contributed by atoms with Crippen LogP contribution in [0.4, 0.5) is 0 Å². The molecule has 4 atom stereocenters. The summed E-state index contributed by atoms with van der Waals surface area (Å²) in [6.45, 7) is 20.1. The summed E-state index contributed by atoms with van der Waals surface area (Å²) in [5, 5.41) is 0. The smallest absolute Gasteiger partial charge is 0.341 e. The van der Waals surface area contributed by atoms with Crippen molar-refractivity contribution in [1.29, 1.82) is 0 Å². The largest absolute Gasteiger partial charge is 0.469 e. The molecule has 0 aromatic carbocycles. The topological polar surface area (TPSA) is 273 Å². The van der Waals surface area contributed by atoms with Gasteiger partial charge in [0.2, 0.25) is 0 Å². The molecular weight excluding hydrogens is 1170 g/mol. The Hall–Kier alpha value is -9.72. The molecule has 16 bridgehead atoms. The van der Waals surface area contributed by atoms with E-state index in [2.05, 4.69) is 85.8 Å². The van der Waals surface area contributed by atoms with Crippen molar-refractivity contribution < 1.29 is 57.2 Å². The third-order valence-electron chi connectivity index (χ3n) is 19.1. The van der Waals surface area contributed by atoms with Gasteiger partial charge in [-0.15, -0.1) is 0 Å². The highest BCUT2D eigenvalue weighted by atomic mass is 16.5. The fraction of sp³-hybridized carbons (Fsp3) is 0.389. The van der Waals surface area contributed by atoms with Crippen LogP contribution in [0, 0.1) is 20.8 Å². The van der Waals surface area contributed by atoms with Gasteiger partial charge in [-0.05, 0) is 160 Å². The molecule has 4 N–H and O–H groups in total. The fourth-order valence-corrected chi connectivity index (χ4v) is 13.8. The van der Waals surface area contributed by atoms with Crippen molar-refractivity contribution in [1.82, 2.24) is 39.9 Å². The van der Waals surface area contributed by atoms with Crippen LogP contribution in [0.25, 0.3) is 72.5 Å². The average molecular weight is 1250 g/mol. The number of aryl methyl sites for hydroxylation is 6. The molecule has 10 rings (SSSR count). The van der Waals surface area contributed by atoms with Crippen molar-refractivity contribution in [3.63, 3.8) is 0 Å². The number of hydrogen-bond donors (Lipinski definition) is 4. The molecule has 0 amide bonds. The predicted molar refractivity (Wildman–Crippen MR) is 354 cm³/mol. The number of nitrogens with zero attached hydrogens (tertiary/aromatic N) is 4. The molecule has 4 aliphatic rings. The van der Waals surface area contributed by atoms with E-state index in [1.165, 1.54) is 42.7 Å². The second-order valence-electron chi connectivity index (χ2n) is 23.8. The number of esters is 6. The first kappa shape index (κ1) is 65.2. The minimum absolute atomic E-state index is 0.00263. The highest BCUT2D eigenvalue weighted by molar-refractivity contribution is 6.27. The zero-order valence-electron chi connectivity index (χ0n) is 55.3. The zero-order chi connectivity index (χ0) is 66.3. The normalized spacial score (nSPS) is 16.3. The summed E-state index contributed by atoms with van der Waals surface area (Å²) in [5.74, 6) is -5.26. The predicted octanol–water partition coefficient (Wildman–Crippen LogP) is 13.3. The molecule has 0 unspecified atom stereocenters. The summed E-state index contributed by atoms with van der Waals surface area (Å²) in [7, 11) is 7.77. The van der Waals surface area contributed by atoms with E-state index in [1.54, 1.807) is 13.8 Å². The van der Waals surface area contributed by atoms with E-state index >= 15 is 0 Å². The zero-order valence-corrected chi connectivity index (χ0v) is 55.3. The first-order valence-corrected chi connectivity index (χ1v) is 31.2. The van der Waals surface area contributed by atoms with Crippen LogP contribution in [-0.4, -0.2) is 118 Å². The summed E-state index contributed by atoms with van der Waals surface area (Å²) in [6.07, 6.45) is 7.32. The Morgan fingerprint density at radius 3 is 1.25 bits per heavy atom. The molecule has 0 saturated heterocycles. The highest BCUT2D eigenvalue weighted by Gasteiger charge is 2.40. The van der Waals surface area contributed by atoms with Crippen LogP contribution in [0.15, 0.2) is 42.5 Å². The Labute approximate surface area is 533 Å². The maximum atomic E-state index is 14.4. The first-order chi connectivity index (χ1) is 44.1. The molecule has 6 aromatic rings. The van der Waals surface area contributed by atoms with Gasteiger partial charge in [-0.1, -0.05) is 46.8 Å². The lowest BCUT2D eigenvalue weighted by Gasteiger charge is -2.17. The van der Waals surface area contributed by atoms with Crippen LogP contribution in [0.1, 0.15) is 209 Å². The van der Waals surface area contributed by atoms with Crippen LogP contribution in [-0.2, 0) is 73.3 Å².